The molecule has 0 atom stereocenters. The molecule has 0 spiro atoms. The van der Waals surface area contributed by atoms with Crippen molar-refractivity contribution >= 4 is 59.7 Å². The number of carboxylic acids is 1. The lowest BCUT2D eigenvalue weighted by Crippen LogP contribution is -2.26. The molecule has 0 fully saturated rings. The van der Waals surface area contributed by atoms with E-state index in [2.05, 4.69) is 16.3 Å². The Labute approximate surface area is 299 Å². The first-order valence-corrected chi connectivity index (χ1v) is 17.2. The summed E-state index contributed by atoms with van der Waals surface area (Å²) in [5.41, 5.74) is 5.48. The van der Waals surface area contributed by atoms with Gasteiger partial charge in [0, 0.05) is 25.1 Å². The van der Waals surface area contributed by atoms with Crippen LogP contribution in [-0.2, 0) is 22.3 Å². The van der Waals surface area contributed by atoms with Crippen LogP contribution in [0.1, 0.15) is 18.7 Å². The van der Waals surface area contributed by atoms with Gasteiger partial charge in [-0.3, -0.25) is 29.4 Å². The van der Waals surface area contributed by atoms with Crippen LogP contribution < -0.4 is 26.2 Å². The normalized spacial score (nSPS) is 11.8. The van der Waals surface area contributed by atoms with Crippen molar-refractivity contribution in [3.05, 3.63) is 96.1 Å². The maximum atomic E-state index is 12.5. The second-order valence-corrected chi connectivity index (χ2v) is 12.9. The molecule has 1 aliphatic heterocycles. The fourth-order valence-electron chi connectivity index (χ4n) is 4.19. The van der Waals surface area contributed by atoms with Gasteiger partial charge in [0.15, 0.2) is 0 Å². The number of fused-ring (bicyclic) bond motifs is 1. The van der Waals surface area contributed by atoms with Gasteiger partial charge in [-0.1, -0.05) is 58.9 Å². The zero-order valence-corrected chi connectivity index (χ0v) is 29.0. The zero-order chi connectivity index (χ0) is 37.0. The fraction of sp³-hybridized carbons (Fsp3) is 0.233. The molecule has 0 saturated carbocycles. The summed E-state index contributed by atoms with van der Waals surface area (Å²) in [5.74, 6) is 3.22. The number of terminal acetylenes is 1. The monoisotopic (exact) mass is 770 g/mol. The summed E-state index contributed by atoms with van der Waals surface area (Å²) in [6.45, 7) is 0.320. The van der Waals surface area contributed by atoms with E-state index in [0.717, 1.165) is 25.1 Å². The van der Waals surface area contributed by atoms with Crippen LogP contribution in [0.5, 0.6) is 17.2 Å². The third kappa shape index (κ3) is 11.5. The minimum Gasteiger partial charge on any atom is -0.480 e. The van der Waals surface area contributed by atoms with E-state index in [9.17, 15) is 24.3 Å². The predicted octanol–water partition coefficient (Wildman–Crippen LogP) is 5.11. The number of anilines is 1. The molecule has 1 aromatic heterocycles. The van der Waals surface area contributed by atoms with Crippen molar-refractivity contribution < 1.29 is 38.6 Å². The van der Waals surface area contributed by atoms with Gasteiger partial charge in [-0.25, -0.2) is 4.79 Å². The largest absolute Gasteiger partial charge is 0.480 e. The number of nitrogen functional groups attached to an aromatic ring is 1. The van der Waals surface area contributed by atoms with Crippen LogP contribution >= 0.6 is 42.4 Å². The van der Waals surface area contributed by atoms with E-state index in [1.54, 1.807) is 34.9 Å². The number of hydrogen-bond acceptors (Lipinski definition) is 10. The first kappa shape index (κ1) is 39.8. The number of aryl methyl sites for hydroxylation is 1. The number of nitrogens with two attached hydrogens (primary N) is 1. The molecule has 0 bridgehead atoms. The Bertz CT molecular complexity index is 1980. The maximum absolute atomic E-state index is 12.5. The van der Waals surface area contributed by atoms with E-state index in [1.165, 1.54) is 22.9 Å². The van der Waals surface area contributed by atoms with Crippen molar-refractivity contribution in [3.8, 4) is 35.3 Å². The van der Waals surface area contributed by atoms with Gasteiger partial charge >= 0.3 is 19.3 Å². The summed E-state index contributed by atoms with van der Waals surface area (Å²) in [5, 5.41) is 25.8. The summed E-state index contributed by atoms with van der Waals surface area (Å²) < 4.78 is 23.9. The third-order valence-corrected chi connectivity index (χ3v) is 8.02. The average Bonchev–Trinajstić information content (AvgIpc) is 3.39. The number of nitrogens with zero attached hydrogens (tertiary/aromatic N) is 4. The quantitative estimate of drug-likeness (QED) is 0.0464. The maximum Gasteiger partial charge on any atom is 0.350 e. The summed E-state index contributed by atoms with van der Waals surface area (Å²) in [6.07, 6.45) is 7.37. The number of carboxylic acid groups (broad SMARTS) is 1. The first-order valence-electron chi connectivity index (χ1n) is 14.3. The Kier molecular flexibility index (Phi) is 14.7. The van der Waals surface area contributed by atoms with Crippen LogP contribution in [0.2, 0.25) is 15.1 Å². The van der Waals surface area contributed by atoms with Gasteiger partial charge in [0.05, 0.1) is 33.5 Å². The van der Waals surface area contributed by atoms with Crippen molar-refractivity contribution in [2.24, 2.45) is 0 Å². The standard InChI is InChI=1S/C15H13Cl2N3O2.C12H9ClN2O3.C3H8NO5P/c1-2-7-22-13-9-12(10(16)8-11(13)17)20-15(21)19-6-4-3-5-14(19)18-20;13-11-10(18-8-4-2-1-3-5-8)7-6-9(12(11)14)15(16)17;5-3(6)1-4-2-10(7,8)9/h1,8-9H,3-7H2;1-7H,14H2;4H,1-2H2,(H,5,6)(H2,7,8,9). The van der Waals surface area contributed by atoms with E-state index in [4.69, 9.17) is 71.3 Å². The van der Waals surface area contributed by atoms with Crippen molar-refractivity contribution in [3.63, 3.8) is 0 Å². The topological polar surface area (TPSA) is 234 Å². The van der Waals surface area contributed by atoms with Crippen LogP contribution in [-0.4, -0.2) is 59.6 Å². The van der Waals surface area contributed by atoms with Gasteiger partial charge in [0.1, 0.15) is 40.4 Å². The van der Waals surface area contributed by atoms with E-state index >= 15 is 0 Å². The number of aromatic nitrogens is 3. The van der Waals surface area contributed by atoms with Gasteiger partial charge in [0.25, 0.3) is 5.69 Å². The van der Waals surface area contributed by atoms with Crippen LogP contribution in [0.4, 0.5) is 11.4 Å². The first-order chi connectivity index (χ1) is 23.6. The smallest absolute Gasteiger partial charge is 0.350 e. The molecule has 1 aliphatic rings. The molecule has 0 amide bonds. The van der Waals surface area contributed by atoms with Crippen LogP contribution in [0.25, 0.3) is 5.69 Å². The molecule has 0 aliphatic carbocycles. The number of nitro groups is 1. The summed E-state index contributed by atoms with van der Waals surface area (Å²) in [4.78, 5) is 48.7. The van der Waals surface area contributed by atoms with Gasteiger partial charge in [-0.15, -0.1) is 11.5 Å². The molecule has 4 aromatic rings. The molecule has 2 heterocycles. The lowest BCUT2D eigenvalue weighted by molar-refractivity contribution is -0.383. The predicted molar refractivity (Wildman–Crippen MR) is 187 cm³/mol. The fourth-order valence-corrected chi connectivity index (χ4v) is 5.31. The molecular weight excluding hydrogens is 742 g/mol. The van der Waals surface area contributed by atoms with Crippen molar-refractivity contribution in [1.29, 1.82) is 0 Å². The summed E-state index contributed by atoms with van der Waals surface area (Å²) in [6, 6.07) is 14.7. The molecule has 20 heteroatoms. The van der Waals surface area contributed by atoms with E-state index in [0.29, 0.717) is 33.8 Å². The van der Waals surface area contributed by atoms with Gasteiger partial charge in [-0.2, -0.15) is 4.68 Å². The molecular formula is C30H30Cl3N6O10P. The summed E-state index contributed by atoms with van der Waals surface area (Å²) in [7, 11) is -4.10. The number of halogens is 3. The van der Waals surface area contributed by atoms with Crippen molar-refractivity contribution in [1.82, 2.24) is 19.7 Å². The molecule has 6 N–H and O–H groups in total. The molecule has 266 valence electrons. The second kappa shape index (κ2) is 18.4. The Hall–Kier alpha value is -4.59. The SMILES string of the molecule is C#CCOc1cc(-n2nc3n(c2=O)CCCC3)c(Cl)cc1Cl.Nc1c([N+](=O)[O-])ccc(Oc2ccccc2)c1Cl.O=C(O)CNCP(=O)(O)O. The number of nitro benzene ring substituents is 1. The molecule has 0 radical (unpaired) electrons. The molecule has 5 rings (SSSR count). The Morgan fingerprint density at radius 3 is 2.42 bits per heavy atom. The lowest BCUT2D eigenvalue weighted by atomic mass is 10.2. The number of ether oxygens (including phenoxy) is 2. The van der Waals surface area contributed by atoms with Gasteiger partial charge < -0.3 is 30.1 Å². The second-order valence-electron chi connectivity index (χ2n) is 10.1. The zero-order valence-electron chi connectivity index (χ0n) is 25.9. The number of hydrogen-bond donors (Lipinski definition) is 5. The Balaban J connectivity index is 0.000000218. The number of para-hydroxylation sites is 1. The Morgan fingerprint density at radius 1 is 1.12 bits per heavy atom. The average molecular weight is 772 g/mol. The highest BCUT2D eigenvalue weighted by Crippen LogP contribution is 2.39. The highest BCUT2D eigenvalue weighted by Gasteiger charge is 2.21. The van der Waals surface area contributed by atoms with Crippen molar-refractivity contribution in [2.45, 2.75) is 25.8 Å². The summed E-state index contributed by atoms with van der Waals surface area (Å²) >= 11 is 18.2. The molecule has 0 unspecified atom stereocenters. The van der Waals surface area contributed by atoms with Crippen molar-refractivity contribution in [2.75, 3.05) is 25.2 Å². The highest BCUT2D eigenvalue weighted by atomic mass is 35.5. The van der Waals surface area contributed by atoms with E-state index in [1.807, 2.05) is 6.07 Å². The number of rotatable bonds is 10. The number of carbonyl (C=O) groups is 1. The van der Waals surface area contributed by atoms with E-state index < -0.39 is 31.3 Å². The van der Waals surface area contributed by atoms with E-state index in [-0.39, 0.29) is 34.4 Å². The lowest BCUT2D eigenvalue weighted by Gasteiger charge is -2.09. The number of benzene rings is 3. The highest BCUT2D eigenvalue weighted by molar-refractivity contribution is 7.51. The molecule has 16 nitrogen and oxygen atoms in total. The molecule has 50 heavy (non-hydrogen) atoms. The minimum absolute atomic E-state index is 0.0352. The molecule has 0 saturated heterocycles. The number of nitrogens with one attached hydrogen (secondary N) is 1. The van der Waals surface area contributed by atoms with Crippen LogP contribution in [0.3, 0.4) is 0 Å². The van der Waals surface area contributed by atoms with Crippen LogP contribution in [0.15, 0.2) is 59.4 Å². The Morgan fingerprint density at radius 2 is 1.82 bits per heavy atom. The van der Waals surface area contributed by atoms with Gasteiger partial charge in [0.2, 0.25) is 0 Å². The minimum atomic E-state index is -4.10. The molecule has 3 aromatic carbocycles. The third-order valence-electron chi connectivity index (χ3n) is 6.39. The van der Waals surface area contributed by atoms with Gasteiger partial charge in [-0.05, 0) is 37.1 Å². The van der Waals surface area contributed by atoms with Crippen LogP contribution in [0, 0.1) is 22.5 Å². The number of aliphatic carboxylic acids is 1.